The van der Waals surface area contributed by atoms with E-state index in [1.807, 2.05) is 4.90 Å². The fourth-order valence-corrected chi connectivity index (χ4v) is 4.22. The summed E-state index contributed by atoms with van der Waals surface area (Å²) in [6.45, 7) is 2.15. The molecule has 1 fully saturated rings. The molecule has 1 saturated heterocycles. The highest BCUT2D eigenvalue weighted by Gasteiger charge is 2.25. The lowest BCUT2D eigenvalue weighted by atomic mass is 10.1. The molecule has 1 aliphatic rings. The van der Waals surface area contributed by atoms with Gasteiger partial charge in [-0.3, -0.25) is 4.79 Å². The lowest BCUT2D eigenvalue weighted by Crippen LogP contribution is -2.49. The van der Waals surface area contributed by atoms with E-state index in [9.17, 15) is 9.18 Å². The van der Waals surface area contributed by atoms with E-state index in [2.05, 4.69) is 9.97 Å². The van der Waals surface area contributed by atoms with Gasteiger partial charge in [0, 0.05) is 55.8 Å². The van der Waals surface area contributed by atoms with Gasteiger partial charge < -0.3 is 50.5 Å². The number of hydrogen-bond donors (Lipinski definition) is 5. The maximum atomic E-state index is 13.0. The first-order valence-electron chi connectivity index (χ1n) is 12.5. The van der Waals surface area contributed by atoms with Gasteiger partial charge in [-0.1, -0.05) is 0 Å². The number of phenolic OH excluding ortho intramolecular Hbond substituents is 2. The fourth-order valence-electron chi connectivity index (χ4n) is 4.22. The number of nitrogens with two attached hydrogens (primary N) is 2. The highest BCUT2D eigenvalue weighted by atomic mass is 19.1. The molecule has 0 radical (unpaired) electrons. The molecule has 41 heavy (non-hydrogen) atoms. The summed E-state index contributed by atoms with van der Waals surface area (Å²) in [5, 5.41) is 27.7. The highest BCUT2D eigenvalue weighted by Crippen LogP contribution is 2.34. The first-order valence-corrected chi connectivity index (χ1v) is 12.5. The van der Waals surface area contributed by atoms with E-state index in [4.69, 9.17) is 40.7 Å². The van der Waals surface area contributed by atoms with Crippen molar-refractivity contribution in [1.82, 2.24) is 14.9 Å². The SMILES string of the molecule is COc1cc2nc(N3CCN(C(=O)c4ccco4)CC3)nc(N)c2cc1OC.NC[C@H](O)c1cc(O)c(O)cc1F. The number of hydrogen-bond acceptors (Lipinski definition) is 12. The van der Waals surface area contributed by atoms with Crippen LogP contribution in [-0.2, 0) is 0 Å². The Morgan fingerprint density at radius 1 is 1.07 bits per heavy atom. The number of aromatic nitrogens is 2. The first-order chi connectivity index (χ1) is 19.7. The summed E-state index contributed by atoms with van der Waals surface area (Å²) in [6.07, 6.45) is 0.324. The average Bonchev–Trinajstić information content (AvgIpc) is 3.53. The van der Waals surface area contributed by atoms with Gasteiger partial charge in [0.15, 0.2) is 28.8 Å². The molecule has 0 bridgehead atoms. The summed E-state index contributed by atoms with van der Waals surface area (Å²) in [6, 6.07) is 8.60. The van der Waals surface area contributed by atoms with Crippen LogP contribution in [0.2, 0.25) is 0 Å². The molecule has 14 heteroatoms. The number of carbonyl (C=O) groups is 1. The molecular formula is C27H31FN6O7. The lowest BCUT2D eigenvalue weighted by molar-refractivity contribution is 0.0714. The van der Waals surface area contributed by atoms with Crippen LogP contribution in [0, 0.1) is 5.82 Å². The largest absolute Gasteiger partial charge is 0.504 e. The number of nitrogen functional groups attached to an aromatic ring is 1. The van der Waals surface area contributed by atoms with Crippen molar-refractivity contribution in [3.8, 4) is 23.0 Å². The van der Waals surface area contributed by atoms with Gasteiger partial charge in [0.1, 0.15) is 11.6 Å². The van der Waals surface area contributed by atoms with Crippen molar-refractivity contribution >= 4 is 28.6 Å². The second-order valence-corrected chi connectivity index (χ2v) is 9.00. The number of anilines is 2. The normalized spacial score (nSPS) is 13.9. The van der Waals surface area contributed by atoms with Crippen LogP contribution in [-0.4, -0.2) is 83.0 Å². The zero-order valence-electron chi connectivity index (χ0n) is 22.5. The lowest BCUT2D eigenvalue weighted by Gasteiger charge is -2.34. The molecule has 4 aromatic rings. The summed E-state index contributed by atoms with van der Waals surface area (Å²) >= 11 is 0. The monoisotopic (exact) mass is 570 g/mol. The number of aliphatic hydroxyl groups is 1. The minimum Gasteiger partial charge on any atom is -0.504 e. The summed E-state index contributed by atoms with van der Waals surface area (Å²) in [4.78, 5) is 25.3. The van der Waals surface area contributed by atoms with E-state index in [0.717, 1.165) is 12.1 Å². The van der Waals surface area contributed by atoms with Crippen molar-refractivity contribution in [2.24, 2.45) is 5.73 Å². The fraction of sp³-hybridized carbons (Fsp3) is 0.296. The predicted molar refractivity (Wildman–Crippen MR) is 148 cm³/mol. The molecule has 1 atom stereocenters. The third-order valence-electron chi connectivity index (χ3n) is 6.48. The predicted octanol–water partition coefficient (Wildman–Crippen LogP) is 2.01. The number of fused-ring (bicyclic) bond motifs is 1. The van der Waals surface area contributed by atoms with Crippen LogP contribution in [0.3, 0.4) is 0 Å². The third-order valence-corrected chi connectivity index (χ3v) is 6.48. The molecule has 13 nitrogen and oxygen atoms in total. The Labute approximate surface area is 234 Å². The number of phenols is 2. The number of aromatic hydroxyl groups is 2. The van der Waals surface area contributed by atoms with Crippen molar-refractivity contribution in [3.63, 3.8) is 0 Å². The molecule has 0 saturated carbocycles. The number of ether oxygens (including phenoxy) is 2. The number of rotatable bonds is 6. The number of furan rings is 1. The molecule has 7 N–H and O–H groups in total. The Morgan fingerprint density at radius 3 is 2.34 bits per heavy atom. The van der Waals surface area contributed by atoms with Crippen LogP contribution in [0.5, 0.6) is 23.0 Å². The van der Waals surface area contributed by atoms with E-state index in [1.54, 1.807) is 43.4 Å². The summed E-state index contributed by atoms with van der Waals surface area (Å²) in [7, 11) is 3.14. The first kappa shape index (κ1) is 29.2. The standard InChI is InChI=1S/C19H21N5O4.C8H10FNO3/c1-26-15-10-12-13(11-16(15)27-2)21-19(22-17(12)20)24-7-5-23(6-8-24)18(25)14-4-3-9-28-14;9-5-2-7(12)6(11)1-4(5)8(13)3-10/h3-4,9-11H,5-8H2,1-2H3,(H2,20,21,22);1-2,8,11-13H,3,10H2/t;8-/m.0/s1. The third kappa shape index (κ3) is 6.34. The van der Waals surface area contributed by atoms with Crippen LogP contribution >= 0.6 is 0 Å². The van der Waals surface area contributed by atoms with E-state index in [0.29, 0.717) is 66.1 Å². The van der Waals surface area contributed by atoms with E-state index in [1.165, 1.54) is 6.26 Å². The van der Waals surface area contributed by atoms with Crippen molar-refractivity contribution < 1.29 is 38.4 Å². The van der Waals surface area contributed by atoms with Gasteiger partial charge in [-0.05, 0) is 24.3 Å². The molecule has 0 aliphatic carbocycles. The number of aliphatic hydroxyl groups excluding tert-OH is 1. The Morgan fingerprint density at radius 2 is 1.73 bits per heavy atom. The van der Waals surface area contributed by atoms with Gasteiger partial charge in [-0.15, -0.1) is 0 Å². The number of methoxy groups -OCH3 is 2. The van der Waals surface area contributed by atoms with Gasteiger partial charge in [0.25, 0.3) is 5.91 Å². The van der Waals surface area contributed by atoms with Crippen molar-refractivity contribution in [2.45, 2.75) is 6.10 Å². The zero-order valence-corrected chi connectivity index (χ0v) is 22.5. The van der Waals surface area contributed by atoms with Gasteiger partial charge in [0.2, 0.25) is 5.95 Å². The molecule has 0 spiro atoms. The van der Waals surface area contributed by atoms with Crippen LogP contribution in [0.15, 0.2) is 47.1 Å². The maximum Gasteiger partial charge on any atom is 0.289 e. The molecule has 2 aromatic heterocycles. The smallest absolute Gasteiger partial charge is 0.289 e. The Balaban J connectivity index is 0.000000251. The molecule has 5 rings (SSSR count). The zero-order chi connectivity index (χ0) is 29.7. The van der Waals surface area contributed by atoms with Gasteiger partial charge >= 0.3 is 0 Å². The minimum atomic E-state index is -1.17. The van der Waals surface area contributed by atoms with E-state index < -0.39 is 23.4 Å². The number of halogens is 1. The molecule has 3 heterocycles. The highest BCUT2D eigenvalue weighted by molar-refractivity contribution is 5.92. The molecule has 218 valence electrons. The maximum absolute atomic E-state index is 13.0. The molecular weight excluding hydrogens is 539 g/mol. The van der Waals surface area contributed by atoms with Crippen LogP contribution in [0.1, 0.15) is 22.2 Å². The van der Waals surface area contributed by atoms with E-state index in [-0.39, 0.29) is 18.0 Å². The second kappa shape index (κ2) is 12.6. The average molecular weight is 571 g/mol. The number of nitrogens with zero attached hydrogens (tertiary/aromatic N) is 4. The van der Waals surface area contributed by atoms with Gasteiger partial charge in [-0.2, -0.15) is 4.98 Å². The number of benzene rings is 2. The van der Waals surface area contributed by atoms with Crippen molar-refractivity contribution in [3.05, 3.63) is 59.8 Å². The topological polar surface area (TPSA) is 194 Å². The molecule has 2 aromatic carbocycles. The Bertz CT molecular complexity index is 1510. The number of carbonyl (C=O) groups excluding carboxylic acids is 1. The molecule has 1 aliphatic heterocycles. The molecule has 1 amide bonds. The van der Waals surface area contributed by atoms with E-state index >= 15 is 0 Å². The number of amides is 1. The van der Waals surface area contributed by atoms with Crippen LogP contribution in [0.4, 0.5) is 16.2 Å². The van der Waals surface area contributed by atoms with Crippen molar-refractivity contribution in [1.29, 1.82) is 0 Å². The van der Waals surface area contributed by atoms with Crippen LogP contribution in [0.25, 0.3) is 10.9 Å². The Hall–Kier alpha value is -4.82. The molecule has 0 unspecified atom stereocenters. The second-order valence-electron chi connectivity index (χ2n) is 9.00. The number of piperazine rings is 1. The minimum absolute atomic E-state index is 0.111. The van der Waals surface area contributed by atoms with Gasteiger partial charge in [0.05, 0.1) is 32.1 Å². The van der Waals surface area contributed by atoms with Crippen LogP contribution < -0.4 is 25.8 Å². The summed E-state index contributed by atoms with van der Waals surface area (Å²) in [5.74, 6) is 0.442. The Kier molecular flexibility index (Phi) is 8.94. The van der Waals surface area contributed by atoms with Crippen molar-refractivity contribution in [2.75, 3.05) is 57.6 Å². The summed E-state index contributed by atoms with van der Waals surface area (Å²) < 4.78 is 28.8. The van der Waals surface area contributed by atoms with Gasteiger partial charge in [-0.25, -0.2) is 9.37 Å². The quantitative estimate of drug-likeness (QED) is 0.212. The summed E-state index contributed by atoms with van der Waals surface area (Å²) in [5.41, 5.74) is 11.8.